The zero-order valence-corrected chi connectivity index (χ0v) is 12.2. The molecule has 4 unspecified atom stereocenters. The Kier molecular flexibility index (Phi) is 4.35. The molecule has 1 aliphatic heterocycles. The van der Waals surface area contributed by atoms with Crippen LogP contribution in [0.2, 0.25) is 0 Å². The molecule has 0 radical (unpaired) electrons. The zero-order valence-electron chi connectivity index (χ0n) is 12.2. The van der Waals surface area contributed by atoms with Crippen molar-refractivity contribution in [3.8, 4) is 0 Å². The summed E-state index contributed by atoms with van der Waals surface area (Å²) in [7, 11) is 0. The molecule has 0 aromatic heterocycles. The van der Waals surface area contributed by atoms with Crippen molar-refractivity contribution in [3.63, 3.8) is 0 Å². The normalized spacial score (nSPS) is 39.2. The van der Waals surface area contributed by atoms with Crippen molar-refractivity contribution in [1.82, 2.24) is 4.90 Å². The molecule has 3 N–H and O–H groups in total. The SMILES string of the molecule is CC(C)(C)C1CCC(N)C(CN2CCC(O)C2)C1. The van der Waals surface area contributed by atoms with Gasteiger partial charge >= 0.3 is 0 Å². The number of hydrogen-bond acceptors (Lipinski definition) is 3. The summed E-state index contributed by atoms with van der Waals surface area (Å²) in [5.74, 6) is 1.42. The second-order valence-corrected chi connectivity index (χ2v) is 7.50. The molecule has 18 heavy (non-hydrogen) atoms. The molecule has 2 fully saturated rings. The van der Waals surface area contributed by atoms with Crippen molar-refractivity contribution in [2.45, 2.75) is 58.6 Å². The van der Waals surface area contributed by atoms with Crippen molar-refractivity contribution in [2.24, 2.45) is 23.0 Å². The quantitative estimate of drug-likeness (QED) is 0.790. The number of nitrogens with two attached hydrogens (primary N) is 1. The maximum atomic E-state index is 9.60. The molecule has 4 atom stereocenters. The van der Waals surface area contributed by atoms with Gasteiger partial charge in [0.15, 0.2) is 0 Å². The van der Waals surface area contributed by atoms with Crippen molar-refractivity contribution in [2.75, 3.05) is 19.6 Å². The number of β-amino-alcohol motifs (C(OH)–C–C–N with tert-alkyl or cyclic N) is 1. The Morgan fingerprint density at radius 2 is 1.94 bits per heavy atom. The third-order valence-corrected chi connectivity index (χ3v) is 5.01. The van der Waals surface area contributed by atoms with Crippen LogP contribution in [0.3, 0.4) is 0 Å². The molecule has 1 saturated heterocycles. The zero-order chi connectivity index (χ0) is 13.3. The van der Waals surface area contributed by atoms with Gasteiger partial charge in [-0.05, 0) is 42.9 Å². The van der Waals surface area contributed by atoms with Crippen LogP contribution in [-0.4, -0.2) is 41.8 Å². The van der Waals surface area contributed by atoms with Crippen LogP contribution in [-0.2, 0) is 0 Å². The summed E-state index contributed by atoms with van der Waals surface area (Å²) in [6, 6.07) is 0.362. The summed E-state index contributed by atoms with van der Waals surface area (Å²) in [4.78, 5) is 2.40. The van der Waals surface area contributed by atoms with Gasteiger partial charge in [-0.2, -0.15) is 0 Å². The van der Waals surface area contributed by atoms with E-state index in [0.717, 1.165) is 32.0 Å². The first-order chi connectivity index (χ1) is 8.36. The predicted octanol–water partition coefficient (Wildman–Crippen LogP) is 1.84. The maximum Gasteiger partial charge on any atom is 0.0679 e. The molecule has 2 rings (SSSR count). The van der Waals surface area contributed by atoms with Gasteiger partial charge in [0.25, 0.3) is 0 Å². The van der Waals surface area contributed by atoms with Gasteiger partial charge in [-0.15, -0.1) is 0 Å². The van der Waals surface area contributed by atoms with E-state index in [9.17, 15) is 5.11 Å². The summed E-state index contributed by atoms with van der Waals surface area (Å²) in [6.07, 6.45) is 4.54. The highest BCUT2D eigenvalue weighted by atomic mass is 16.3. The molecule has 106 valence electrons. The van der Waals surface area contributed by atoms with Crippen LogP contribution in [0.5, 0.6) is 0 Å². The minimum atomic E-state index is -0.108. The third-order valence-electron chi connectivity index (χ3n) is 5.01. The number of hydrogen-bond donors (Lipinski definition) is 2. The number of rotatable bonds is 2. The Balaban J connectivity index is 1.89. The lowest BCUT2D eigenvalue weighted by Crippen LogP contribution is -2.44. The predicted molar refractivity (Wildman–Crippen MR) is 75.3 cm³/mol. The number of aliphatic hydroxyl groups is 1. The van der Waals surface area contributed by atoms with Gasteiger partial charge in [-0.25, -0.2) is 0 Å². The summed E-state index contributed by atoms with van der Waals surface area (Å²) >= 11 is 0. The van der Waals surface area contributed by atoms with Gasteiger partial charge in [0.2, 0.25) is 0 Å². The van der Waals surface area contributed by atoms with Crippen LogP contribution in [0.15, 0.2) is 0 Å². The van der Waals surface area contributed by atoms with E-state index in [-0.39, 0.29) is 6.10 Å². The molecule has 1 saturated carbocycles. The van der Waals surface area contributed by atoms with Gasteiger partial charge < -0.3 is 15.7 Å². The first-order valence-electron chi connectivity index (χ1n) is 7.52. The number of nitrogens with zero attached hydrogens (tertiary/aromatic N) is 1. The Labute approximate surface area is 112 Å². The van der Waals surface area contributed by atoms with Crippen molar-refractivity contribution in [3.05, 3.63) is 0 Å². The standard InChI is InChI=1S/C15H30N2O/c1-15(2,3)12-4-5-14(16)11(8-12)9-17-7-6-13(18)10-17/h11-14,18H,4-10,16H2,1-3H3. The second-order valence-electron chi connectivity index (χ2n) is 7.50. The van der Waals surface area contributed by atoms with E-state index in [1.54, 1.807) is 0 Å². The Morgan fingerprint density at radius 1 is 1.22 bits per heavy atom. The van der Waals surface area contributed by atoms with Gasteiger partial charge in [-0.1, -0.05) is 20.8 Å². The molecule has 0 aromatic rings. The Bertz CT molecular complexity index is 274. The summed E-state index contributed by atoms with van der Waals surface area (Å²) in [6.45, 7) is 10.0. The topological polar surface area (TPSA) is 49.5 Å². The molecule has 3 nitrogen and oxygen atoms in total. The maximum absolute atomic E-state index is 9.60. The molecule has 0 spiro atoms. The van der Waals surface area contributed by atoms with Crippen LogP contribution >= 0.6 is 0 Å². The molecule has 2 aliphatic rings. The number of likely N-dealkylation sites (tertiary alicyclic amines) is 1. The Hall–Kier alpha value is -0.120. The van der Waals surface area contributed by atoms with Gasteiger partial charge in [-0.3, -0.25) is 0 Å². The van der Waals surface area contributed by atoms with E-state index in [0.29, 0.717) is 17.4 Å². The highest BCUT2D eigenvalue weighted by Gasteiger charge is 2.35. The first-order valence-corrected chi connectivity index (χ1v) is 7.52. The van der Waals surface area contributed by atoms with Gasteiger partial charge in [0.1, 0.15) is 0 Å². The van der Waals surface area contributed by atoms with E-state index in [4.69, 9.17) is 5.73 Å². The Morgan fingerprint density at radius 3 is 2.50 bits per heavy atom. The van der Waals surface area contributed by atoms with Crippen LogP contribution in [0.1, 0.15) is 46.5 Å². The third kappa shape index (κ3) is 3.46. The summed E-state index contributed by atoms with van der Waals surface area (Å²) in [5, 5.41) is 9.60. The molecule has 1 heterocycles. The molecular formula is C15H30N2O. The lowest BCUT2D eigenvalue weighted by Gasteiger charge is -2.41. The minimum Gasteiger partial charge on any atom is -0.392 e. The average molecular weight is 254 g/mol. The second kappa shape index (κ2) is 5.48. The van der Waals surface area contributed by atoms with Crippen molar-refractivity contribution < 1.29 is 5.11 Å². The molecule has 1 aliphatic carbocycles. The highest BCUT2D eigenvalue weighted by molar-refractivity contribution is 4.90. The lowest BCUT2D eigenvalue weighted by atomic mass is 9.67. The van der Waals surface area contributed by atoms with Crippen molar-refractivity contribution in [1.29, 1.82) is 0 Å². The van der Waals surface area contributed by atoms with E-state index in [1.807, 2.05) is 0 Å². The average Bonchev–Trinajstić information content (AvgIpc) is 2.66. The van der Waals surface area contributed by atoms with Crippen LogP contribution in [0, 0.1) is 17.3 Å². The minimum absolute atomic E-state index is 0.108. The highest BCUT2D eigenvalue weighted by Crippen LogP contribution is 2.40. The lowest BCUT2D eigenvalue weighted by molar-refractivity contribution is 0.0997. The van der Waals surface area contributed by atoms with Crippen molar-refractivity contribution >= 4 is 0 Å². The van der Waals surface area contributed by atoms with Gasteiger partial charge in [0, 0.05) is 25.7 Å². The van der Waals surface area contributed by atoms with E-state index >= 15 is 0 Å². The molecule has 0 bridgehead atoms. The largest absolute Gasteiger partial charge is 0.392 e. The van der Waals surface area contributed by atoms with Crippen LogP contribution in [0.4, 0.5) is 0 Å². The molecule has 0 aromatic carbocycles. The van der Waals surface area contributed by atoms with E-state index in [1.165, 1.54) is 19.3 Å². The molecule has 0 amide bonds. The van der Waals surface area contributed by atoms with Gasteiger partial charge in [0.05, 0.1) is 6.10 Å². The van der Waals surface area contributed by atoms with Crippen LogP contribution in [0.25, 0.3) is 0 Å². The van der Waals surface area contributed by atoms with Crippen LogP contribution < -0.4 is 5.73 Å². The smallest absolute Gasteiger partial charge is 0.0679 e. The summed E-state index contributed by atoms with van der Waals surface area (Å²) in [5.41, 5.74) is 6.71. The molecular weight excluding hydrogens is 224 g/mol. The molecule has 3 heteroatoms. The van der Waals surface area contributed by atoms with E-state index < -0.39 is 0 Å². The number of aliphatic hydroxyl groups excluding tert-OH is 1. The fourth-order valence-electron chi connectivity index (χ4n) is 3.59. The summed E-state index contributed by atoms with van der Waals surface area (Å²) < 4.78 is 0. The fourth-order valence-corrected chi connectivity index (χ4v) is 3.59. The fraction of sp³-hybridized carbons (Fsp3) is 1.00. The van der Waals surface area contributed by atoms with E-state index in [2.05, 4.69) is 25.7 Å². The first kappa shape index (κ1) is 14.3. The monoisotopic (exact) mass is 254 g/mol.